The van der Waals surface area contributed by atoms with E-state index >= 15 is 0 Å². The van der Waals surface area contributed by atoms with Crippen molar-refractivity contribution in [3.8, 4) is 5.75 Å². The molecule has 0 aliphatic carbocycles. The Morgan fingerprint density at radius 1 is 0.591 bits per heavy atom. The van der Waals surface area contributed by atoms with Crippen molar-refractivity contribution >= 4 is 37.5 Å². The first-order valence-electron chi connectivity index (χ1n) is 25.9. The second kappa shape index (κ2) is 43.0. The monoisotopic (exact) mass is 948 g/mol. The number of hydrogen-bond donors (Lipinski definition) is 2. The van der Waals surface area contributed by atoms with Gasteiger partial charge in [-0.05, 0) is 89.2 Å². The third-order valence-electron chi connectivity index (χ3n) is 11.3. The number of carbonyl (C=O) groups excluding carboxylic acids is 4. The molecule has 3 N–H and O–H groups in total. The first-order chi connectivity index (χ1) is 32.1. The molecule has 0 radical (unpaired) electrons. The number of nitrogens with two attached hydrogens (primary N) is 1. The zero-order chi connectivity index (χ0) is 48.2. The van der Waals surface area contributed by atoms with Gasteiger partial charge in [0.1, 0.15) is 18.1 Å². The zero-order valence-electron chi connectivity index (χ0n) is 41.2. The van der Waals surface area contributed by atoms with Gasteiger partial charge in [0.05, 0.1) is 19.8 Å². The van der Waals surface area contributed by atoms with E-state index in [9.17, 15) is 28.6 Å². The number of ether oxygens (including phenoxy) is 3. The Labute approximate surface area is 399 Å². The lowest BCUT2D eigenvalue weighted by Crippen LogP contribution is -2.29. The average molecular weight is 948 g/mol. The third-order valence-corrected chi connectivity index (χ3v) is 12.3. The van der Waals surface area contributed by atoms with Gasteiger partial charge in [-0.15, -0.1) is 0 Å². The molecule has 0 amide bonds. The SMILES string of the molecule is CCCCCCCC/C=C\CCCCCCCC(=O)OC[C@H](COP(=O)(O)OCCCC(=O)CCCOc1ccc(C=O)c(N)c1)OC(=O)CCCCCCC/C=C\CCCCCCCC. The zero-order valence-corrected chi connectivity index (χ0v) is 42.1. The van der Waals surface area contributed by atoms with Crippen LogP contribution in [0, 0.1) is 0 Å². The van der Waals surface area contributed by atoms with Gasteiger partial charge in [0.25, 0.3) is 0 Å². The molecule has 0 aliphatic heterocycles. The van der Waals surface area contributed by atoms with E-state index in [1.807, 2.05) is 0 Å². The van der Waals surface area contributed by atoms with Crippen molar-refractivity contribution in [3.63, 3.8) is 0 Å². The van der Waals surface area contributed by atoms with E-state index in [1.165, 1.54) is 77.0 Å². The molecule has 13 heteroatoms. The number of esters is 2. The number of phosphoric acid groups is 1. The highest BCUT2D eigenvalue weighted by Gasteiger charge is 2.26. The van der Waals surface area contributed by atoms with E-state index < -0.39 is 32.5 Å². The van der Waals surface area contributed by atoms with Crippen LogP contribution >= 0.6 is 7.82 Å². The summed E-state index contributed by atoms with van der Waals surface area (Å²) < 4.78 is 39.6. The van der Waals surface area contributed by atoms with Crippen molar-refractivity contribution in [2.75, 3.05) is 32.2 Å². The van der Waals surface area contributed by atoms with E-state index in [-0.39, 0.29) is 57.7 Å². The minimum atomic E-state index is -4.57. The van der Waals surface area contributed by atoms with Crippen molar-refractivity contribution in [2.45, 2.75) is 225 Å². The Morgan fingerprint density at radius 2 is 1.06 bits per heavy atom. The van der Waals surface area contributed by atoms with E-state index in [0.717, 1.165) is 77.0 Å². The molecular weight excluding hydrogens is 858 g/mol. The van der Waals surface area contributed by atoms with E-state index in [0.29, 0.717) is 42.5 Å². The van der Waals surface area contributed by atoms with Gasteiger partial charge < -0.3 is 24.8 Å². The topological polar surface area (TPSA) is 178 Å². The molecule has 12 nitrogen and oxygen atoms in total. The second-order valence-corrected chi connectivity index (χ2v) is 19.0. The van der Waals surface area contributed by atoms with E-state index in [4.69, 9.17) is 29.0 Å². The Kier molecular flexibility index (Phi) is 39.6. The molecule has 378 valence electrons. The predicted molar refractivity (Wildman–Crippen MR) is 267 cm³/mol. The number of hydrogen-bond acceptors (Lipinski definition) is 11. The summed E-state index contributed by atoms with van der Waals surface area (Å²) in [6, 6.07) is 4.75. The molecule has 0 heterocycles. The number of phosphoric ester groups is 1. The Hall–Kier alpha value is -3.31. The normalized spacial score (nSPS) is 13.0. The number of benzene rings is 1. The van der Waals surface area contributed by atoms with Crippen LogP contribution in [0.4, 0.5) is 5.69 Å². The van der Waals surface area contributed by atoms with Gasteiger partial charge in [-0.3, -0.25) is 28.2 Å². The van der Waals surface area contributed by atoms with Crippen LogP contribution in [-0.2, 0) is 37.5 Å². The molecule has 1 aromatic carbocycles. The van der Waals surface area contributed by atoms with Crippen LogP contribution < -0.4 is 10.5 Å². The van der Waals surface area contributed by atoms with Gasteiger partial charge in [0.2, 0.25) is 0 Å². The van der Waals surface area contributed by atoms with E-state index in [2.05, 4.69) is 38.2 Å². The molecule has 0 fully saturated rings. The maximum Gasteiger partial charge on any atom is 0.472 e. The number of aldehydes is 1. The number of anilines is 1. The molecule has 0 bridgehead atoms. The highest BCUT2D eigenvalue weighted by molar-refractivity contribution is 7.47. The molecule has 1 aromatic rings. The summed E-state index contributed by atoms with van der Waals surface area (Å²) in [4.78, 5) is 59.1. The highest BCUT2D eigenvalue weighted by Crippen LogP contribution is 2.43. The van der Waals surface area contributed by atoms with Gasteiger partial charge in [0, 0.05) is 43.0 Å². The number of unbranched alkanes of at least 4 members (excludes halogenated alkanes) is 22. The maximum atomic E-state index is 12.8. The van der Waals surface area contributed by atoms with Crippen LogP contribution in [0.15, 0.2) is 42.5 Å². The van der Waals surface area contributed by atoms with Gasteiger partial charge in [-0.2, -0.15) is 0 Å². The van der Waals surface area contributed by atoms with Crippen LogP contribution in [-0.4, -0.2) is 61.4 Å². The molecule has 2 atom stereocenters. The molecular formula is C53H90NO11P. The molecule has 66 heavy (non-hydrogen) atoms. The summed E-state index contributed by atoms with van der Waals surface area (Å²) in [5.41, 5.74) is 6.49. The summed E-state index contributed by atoms with van der Waals surface area (Å²) >= 11 is 0. The lowest BCUT2D eigenvalue weighted by Gasteiger charge is -2.20. The number of rotatable bonds is 47. The lowest BCUT2D eigenvalue weighted by atomic mass is 10.1. The Bertz CT molecular complexity index is 1500. The van der Waals surface area contributed by atoms with Crippen molar-refractivity contribution in [3.05, 3.63) is 48.1 Å². The number of nitrogen functional groups attached to an aromatic ring is 1. The van der Waals surface area contributed by atoms with Crippen molar-refractivity contribution < 1.29 is 51.9 Å². The van der Waals surface area contributed by atoms with E-state index in [1.54, 1.807) is 18.2 Å². The largest absolute Gasteiger partial charge is 0.494 e. The first-order valence-corrected chi connectivity index (χ1v) is 27.4. The number of carbonyl (C=O) groups is 4. The predicted octanol–water partition coefficient (Wildman–Crippen LogP) is 14.3. The van der Waals surface area contributed by atoms with Crippen LogP contribution in [0.3, 0.4) is 0 Å². The van der Waals surface area contributed by atoms with Gasteiger partial charge in [-0.25, -0.2) is 4.57 Å². The van der Waals surface area contributed by atoms with Gasteiger partial charge in [0.15, 0.2) is 12.4 Å². The molecule has 0 aromatic heterocycles. The summed E-state index contributed by atoms with van der Waals surface area (Å²) in [5.74, 6) is -0.482. The smallest absolute Gasteiger partial charge is 0.472 e. The number of ketones is 1. The summed E-state index contributed by atoms with van der Waals surface area (Å²) in [7, 11) is -4.57. The average Bonchev–Trinajstić information content (AvgIpc) is 3.30. The minimum absolute atomic E-state index is 0.0616. The Morgan fingerprint density at radius 3 is 1.56 bits per heavy atom. The number of allylic oxidation sites excluding steroid dienone is 4. The van der Waals surface area contributed by atoms with Crippen LogP contribution in [0.5, 0.6) is 5.75 Å². The minimum Gasteiger partial charge on any atom is -0.494 e. The fourth-order valence-corrected chi connectivity index (χ4v) is 8.09. The van der Waals surface area contributed by atoms with Gasteiger partial charge in [-0.1, -0.05) is 141 Å². The third kappa shape index (κ3) is 37.7. The second-order valence-electron chi connectivity index (χ2n) is 17.6. The fraction of sp³-hybridized carbons (Fsp3) is 0.736. The van der Waals surface area contributed by atoms with Crippen LogP contribution in [0.2, 0.25) is 0 Å². The van der Waals surface area contributed by atoms with Crippen molar-refractivity contribution in [1.82, 2.24) is 0 Å². The molecule has 0 aliphatic rings. The molecule has 0 saturated heterocycles. The van der Waals surface area contributed by atoms with Gasteiger partial charge >= 0.3 is 19.8 Å². The summed E-state index contributed by atoms with van der Waals surface area (Å²) in [6.45, 7) is 3.74. The highest BCUT2D eigenvalue weighted by atomic mass is 31.2. The van der Waals surface area contributed by atoms with Crippen molar-refractivity contribution in [1.29, 1.82) is 0 Å². The van der Waals surface area contributed by atoms with Crippen LogP contribution in [0.1, 0.15) is 230 Å². The van der Waals surface area contributed by atoms with Crippen LogP contribution in [0.25, 0.3) is 0 Å². The quantitative estimate of drug-likeness (QED) is 0.0158. The standard InChI is InChI=1S/C53H90NO11P/c1-3-5-7-9-11-13-15-17-19-21-23-25-27-29-31-37-52(57)62-45-50(65-53(58)38-32-30-28-26-24-22-20-18-16-14-12-10-8-6-4-2)46-64-66(59,60)63-42-34-36-48(56)35-33-41-61-49-40-39-47(44-55)51(54)43-49/h17-20,39-40,43-44,50H,3-16,21-38,41-42,45-46,54H2,1-2H3,(H,59,60)/b19-17-,20-18-/t50-/m1/s1. The molecule has 0 saturated carbocycles. The first kappa shape index (κ1) is 60.7. The summed E-state index contributed by atoms with van der Waals surface area (Å²) in [6.07, 6.45) is 40.0. The summed E-state index contributed by atoms with van der Waals surface area (Å²) in [5, 5.41) is 0. The Balaban J connectivity index is 2.42. The van der Waals surface area contributed by atoms with Crippen molar-refractivity contribution in [2.24, 2.45) is 0 Å². The molecule has 1 rings (SSSR count). The lowest BCUT2D eigenvalue weighted by molar-refractivity contribution is -0.161. The maximum absolute atomic E-state index is 12.8. The number of Topliss-reactive ketones (excluding diaryl/α,β-unsaturated/α-hetero) is 1. The molecule has 1 unspecified atom stereocenters. The molecule has 0 spiro atoms. The fourth-order valence-electron chi connectivity index (χ4n) is 7.30.